The molecule has 3 aromatic rings. The lowest BCUT2D eigenvalue weighted by Gasteiger charge is -2.34. The molecule has 174 valence electrons. The highest BCUT2D eigenvalue weighted by Gasteiger charge is 2.31. The number of nitrogens with one attached hydrogen (secondary N) is 2. The molecule has 1 unspecified atom stereocenters. The van der Waals surface area contributed by atoms with E-state index in [0.717, 1.165) is 5.56 Å². The third-order valence-corrected chi connectivity index (χ3v) is 5.42. The molecule has 3 N–H and O–H groups in total. The molecule has 0 radical (unpaired) electrons. The van der Waals surface area contributed by atoms with Crippen LogP contribution in [0.4, 0.5) is 17.1 Å². The van der Waals surface area contributed by atoms with Gasteiger partial charge in [-0.25, -0.2) is 0 Å². The second-order valence-corrected chi connectivity index (χ2v) is 9.15. The van der Waals surface area contributed by atoms with Crippen LogP contribution in [0.3, 0.4) is 0 Å². The van der Waals surface area contributed by atoms with Gasteiger partial charge in [0.2, 0.25) is 0 Å². The third kappa shape index (κ3) is 4.69. The summed E-state index contributed by atoms with van der Waals surface area (Å²) < 4.78 is 5.33. The highest BCUT2D eigenvalue weighted by molar-refractivity contribution is 5.99. The van der Waals surface area contributed by atoms with E-state index < -0.39 is 10.9 Å². The van der Waals surface area contributed by atoms with Crippen LogP contribution in [0.1, 0.15) is 42.7 Å². The number of hydrogen-bond donors (Lipinski definition) is 3. The second-order valence-electron chi connectivity index (χ2n) is 9.15. The SMILES string of the molecule is COc1cccc(C(Nc2c(Nc3cccc(C(=O)N(C)C)c3O)c(=O)c2=O)C(C)(C)C)c1. The van der Waals surface area contributed by atoms with Crippen LogP contribution in [-0.4, -0.2) is 37.1 Å². The molecule has 1 atom stereocenters. The molecule has 33 heavy (non-hydrogen) atoms. The summed E-state index contributed by atoms with van der Waals surface area (Å²) in [4.78, 5) is 38.5. The van der Waals surface area contributed by atoms with E-state index in [0.29, 0.717) is 5.75 Å². The maximum Gasteiger partial charge on any atom is 0.257 e. The van der Waals surface area contributed by atoms with E-state index in [2.05, 4.69) is 10.6 Å². The molecule has 3 aromatic carbocycles. The highest BCUT2D eigenvalue weighted by atomic mass is 16.5. The number of amides is 1. The number of carbonyl (C=O) groups excluding carboxylic acids is 1. The van der Waals surface area contributed by atoms with Crippen LogP contribution in [-0.2, 0) is 0 Å². The summed E-state index contributed by atoms with van der Waals surface area (Å²) in [5.41, 5.74) is -0.345. The normalized spacial score (nSPS) is 12.3. The zero-order valence-electron chi connectivity index (χ0n) is 19.6. The van der Waals surface area contributed by atoms with Gasteiger partial charge in [0.05, 0.1) is 24.4 Å². The van der Waals surface area contributed by atoms with Crippen molar-refractivity contribution >= 4 is 23.0 Å². The first kappa shape index (κ1) is 23.8. The molecule has 0 saturated heterocycles. The first-order chi connectivity index (χ1) is 15.5. The van der Waals surface area contributed by atoms with Gasteiger partial charge < -0.3 is 25.4 Å². The average molecular weight is 452 g/mol. The van der Waals surface area contributed by atoms with Gasteiger partial charge in [-0.2, -0.15) is 0 Å². The van der Waals surface area contributed by atoms with Crippen molar-refractivity contribution in [3.63, 3.8) is 0 Å². The van der Waals surface area contributed by atoms with Crippen molar-refractivity contribution < 1.29 is 14.6 Å². The van der Waals surface area contributed by atoms with Crippen molar-refractivity contribution in [2.24, 2.45) is 5.41 Å². The summed E-state index contributed by atoms with van der Waals surface area (Å²) in [6.07, 6.45) is 0. The fraction of sp³-hybridized carbons (Fsp3) is 0.320. The number of aromatic hydroxyl groups is 1. The number of hydrogen-bond acceptors (Lipinski definition) is 7. The Balaban J connectivity index is 1.98. The van der Waals surface area contributed by atoms with Gasteiger partial charge in [0.15, 0.2) is 5.75 Å². The predicted molar refractivity (Wildman–Crippen MR) is 130 cm³/mol. The van der Waals surface area contributed by atoms with Gasteiger partial charge in [-0.15, -0.1) is 0 Å². The summed E-state index contributed by atoms with van der Waals surface area (Å²) in [6.45, 7) is 6.06. The summed E-state index contributed by atoms with van der Waals surface area (Å²) in [7, 11) is 4.73. The van der Waals surface area contributed by atoms with E-state index in [1.807, 2.05) is 45.0 Å². The molecule has 3 rings (SSSR count). The van der Waals surface area contributed by atoms with Crippen LogP contribution < -0.4 is 26.2 Å². The number of rotatable bonds is 7. The van der Waals surface area contributed by atoms with E-state index in [1.54, 1.807) is 27.3 Å². The fourth-order valence-electron chi connectivity index (χ4n) is 3.61. The molecule has 0 heterocycles. The largest absolute Gasteiger partial charge is 0.505 e. The molecule has 0 aliphatic rings. The molecule has 8 heteroatoms. The predicted octanol–water partition coefficient (Wildman–Crippen LogP) is 3.64. The maximum atomic E-state index is 12.5. The Morgan fingerprint density at radius 1 is 1.03 bits per heavy atom. The molecule has 0 aromatic heterocycles. The smallest absolute Gasteiger partial charge is 0.257 e. The molecule has 0 aliphatic carbocycles. The molecule has 0 saturated carbocycles. The van der Waals surface area contributed by atoms with E-state index in [9.17, 15) is 19.5 Å². The van der Waals surface area contributed by atoms with Crippen molar-refractivity contribution in [3.8, 4) is 11.5 Å². The molecule has 8 nitrogen and oxygen atoms in total. The molecule has 0 bridgehead atoms. The third-order valence-electron chi connectivity index (χ3n) is 5.42. The Morgan fingerprint density at radius 3 is 2.27 bits per heavy atom. The minimum absolute atomic E-state index is 0.0434. The second kappa shape index (κ2) is 8.97. The first-order valence-corrected chi connectivity index (χ1v) is 10.5. The monoisotopic (exact) mass is 451 g/mol. The number of para-hydroxylation sites is 1. The standard InChI is InChI=1S/C25H29N3O5/c1-25(2,3)23(14-9-7-10-15(13-14)33-6)27-19-18(21(30)22(19)31)26-17-12-8-11-16(20(17)29)24(32)28(4)5/h7-13,23,26-27,29H,1-6H3. The Morgan fingerprint density at radius 2 is 1.67 bits per heavy atom. The van der Waals surface area contributed by atoms with Gasteiger partial charge >= 0.3 is 0 Å². The van der Waals surface area contributed by atoms with Gasteiger partial charge in [-0.3, -0.25) is 14.4 Å². The molecular weight excluding hydrogens is 422 g/mol. The van der Waals surface area contributed by atoms with Crippen LogP contribution in [0.2, 0.25) is 0 Å². The zero-order valence-corrected chi connectivity index (χ0v) is 19.6. The lowest BCUT2D eigenvalue weighted by Crippen LogP contribution is -2.39. The van der Waals surface area contributed by atoms with E-state index in [-0.39, 0.29) is 45.7 Å². The van der Waals surface area contributed by atoms with Crippen LogP contribution in [0.5, 0.6) is 11.5 Å². The topological polar surface area (TPSA) is 108 Å². The quantitative estimate of drug-likeness (QED) is 0.372. The number of phenols is 1. The van der Waals surface area contributed by atoms with Crippen molar-refractivity contribution in [2.45, 2.75) is 26.8 Å². The van der Waals surface area contributed by atoms with Crippen molar-refractivity contribution in [2.75, 3.05) is 31.8 Å². The zero-order chi connectivity index (χ0) is 24.5. The van der Waals surface area contributed by atoms with Gasteiger partial charge in [-0.1, -0.05) is 39.0 Å². The first-order valence-electron chi connectivity index (χ1n) is 10.5. The van der Waals surface area contributed by atoms with Crippen LogP contribution in [0.25, 0.3) is 0 Å². The van der Waals surface area contributed by atoms with Crippen LogP contribution in [0.15, 0.2) is 52.1 Å². The molecule has 0 aliphatic heterocycles. The number of anilines is 3. The molecule has 0 spiro atoms. The van der Waals surface area contributed by atoms with Crippen molar-refractivity contribution in [3.05, 3.63) is 74.0 Å². The molecular formula is C25H29N3O5. The molecule has 0 fully saturated rings. The van der Waals surface area contributed by atoms with Gasteiger partial charge in [0.1, 0.15) is 17.1 Å². The summed E-state index contributed by atoms with van der Waals surface area (Å²) in [5, 5.41) is 16.7. The minimum atomic E-state index is -0.695. The van der Waals surface area contributed by atoms with Gasteiger partial charge in [0.25, 0.3) is 16.8 Å². The Kier molecular flexibility index (Phi) is 6.48. The Hall–Kier alpha value is -3.81. The number of carbonyl (C=O) groups is 1. The van der Waals surface area contributed by atoms with Crippen molar-refractivity contribution in [1.29, 1.82) is 0 Å². The Labute approximate surface area is 192 Å². The number of methoxy groups -OCH3 is 1. The van der Waals surface area contributed by atoms with Crippen molar-refractivity contribution in [1.82, 2.24) is 4.90 Å². The van der Waals surface area contributed by atoms with Gasteiger partial charge in [-0.05, 0) is 35.2 Å². The summed E-state index contributed by atoms with van der Waals surface area (Å²) in [5.74, 6) is -0.000125. The number of phenolic OH excluding ortho intramolecular Hbond substituents is 1. The lowest BCUT2D eigenvalue weighted by atomic mass is 9.82. The molecule has 1 amide bonds. The average Bonchev–Trinajstić information content (AvgIpc) is 2.77. The maximum absolute atomic E-state index is 12.5. The van der Waals surface area contributed by atoms with E-state index >= 15 is 0 Å². The number of ether oxygens (including phenoxy) is 1. The minimum Gasteiger partial charge on any atom is -0.505 e. The van der Waals surface area contributed by atoms with E-state index in [1.165, 1.54) is 17.0 Å². The number of benzene rings is 2. The Bertz CT molecular complexity index is 1250. The van der Waals surface area contributed by atoms with Crippen LogP contribution >= 0.6 is 0 Å². The van der Waals surface area contributed by atoms with Crippen LogP contribution in [0, 0.1) is 5.41 Å². The van der Waals surface area contributed by atoms with Gasteiger partial charge in [0, 0.05) is 14.1 Å². The van der Waals surface area contributed by atoms with E-state index in [4.69, 9.17) is 4.74 Å². The summed E-state index contributed by atoms with van der Waals surface area (Å²) >= 11 is 0. The highest BCUT2D eigenvalue weighted by Crippen LogP contribution is 2.39. The fourth-order valence-corrected chi connectivity index (χ4v) is 3.61. The lowest BCUT2D eigenvalue weighted by molar-refractivity contribution is 0.0824. The summed E-state index contributed by atoms with van der Waals surface area (Å²) in [6, 6.07) is 11.8. The number of nitrogens with zero attached hydrogens (tertiary/aromatic N) is 1.